The molecule has 1 aliphatic rings. The number of halogens is 1. The Balaban J connectivity index is 0.00000112. The first-order valence-corrected chi connectivity index (χ1v) is 5.64. The molecule has 1 aromatic carbocycles. The summed E-state index contributed by atoms with van der Waals surface area (Å²) < 4.78 is 0. The van der Waals surface area contributed by atoms with Gasteiger partial charge in [-0.2, -0.15) is 0 Å². The molecule has 0 aliphatic heterocycles. The summed E-state index contributed by atoms with van der Waals surface area (Å²) in [5.74, 6) is 0.872. The first-order valence-electron chi connectivity index (χ1n) is 5.64. The van der Waals surface area contributed by atoms with Gasteiger partial charge in [-0.1, -0.05) is 30.3 Å². The predicted molar refractivity (Wildman–Crippen MR) is 67.3 cm³/mol. The van der Waals surface area contributed by atoms with Crippen molar-refractivity contribution in [3.63, 3.8) is 0 Å². The molecule has 1 fully saturated rings. The second kappa shape index (κ2) is 6.14. The van der Waals surface area contributed by atoms with Crippen LogP contribution in [0.4, 0.5) is 0 Å². The van der Waals surface area contributed by atoms with Gasteiger partial charge >= 0.3 is 0 Å². The third kappa shape index (κ3) is 3.84. The van der Waals surface area contributed by atoms with Crippen LogP contribution in [0.5, 0.6) is 0 Å². The summed E-state index contributed by atoms with van der Waals surface area (Å²) >= 11 is 0. The first kappa shape index (κ1) is 12.5. The highest BCUT2D eigenvalue weighted by molar-refractivity contribution is 5.85. The van der Waals surface area contributed by atoms with Crippen molar-refractivity contribution in [3.8, 4) is 0 Å². The molecule has 15 heavy (non-hydrogen) atoms. The molecule has 2 heteroatoms. The Morgan fingerprint density at radius 1 is 1.00 bits per heavy atom. The van der Waals surface area contributed by atoms with E-state index in [1.54, 1.807) is 0 Å². The Hall–Kier alpha value is -0.530. The fourth-order valence-electron chi connectivity index (χ4n) is 2.34. The normalized spacial score (nSPS) is 25.7. The molecule has 0 bridgehead atoms. The van der Waals surface area contributed by atoms with Crippen molar-refractivity contribution in [2.45, 2.75) is 38.1 Å². The Labute approximate surface area is 98.5 Å². The van der Waals surface area contributed by atoms with Crippen molar-refractivity contribution >= 4 is 12.4 Å². The van der Waals surface area contributed by atoms with Gasteiger partial charge in [0.1, 0.15) is 0 Å². The monoisotopic (exact) mass is 225 g/mol. The summed E-state index contributed by atoms with van der Waals surface area (Å²) in [6.45, 7) is 0. The number of nitrogens with two attached hydrogens (primary N) is 1. The van der Waals surface area contributed by atoms with E-state index in [0.29, 0.717) is 6.04 Å². The number of hydrogen-bond donors (Lipinski definition) is 1. The lowest BCUT2D eigenvalue weighted by Gasteiger charge is -2.25. The lowest BCUT2D eigenvalue weighted by molar-refractivity contribution is 0.325. The van der Waals surface area contributed by atoms with Crippen LogP contribution in [0, 0.1) is 5.92 Å². The van der Waals surface area contributed by atoms with Gasteiger partial charge in [-0.3, -0.25) is 0 Å². The first-order chi connectivity index (χ1) is 6.84. The summed E-state index contributed by atoms with van der Waals surface area (Å²) in [5, 5.41) is 0. The van der Waals surface area contributed by atoms with Gasteiger partial charge in [0.05, 0.1) is 0 Å². The van der Waals surface area contributed by atoms with Gasteiger partial charge in [0.2, 0.25) is 0 Å². The zero-order chi connectivity index (χ0) is 9.80. The minimum absolute atomic E-state index is 0. The van der Waals surface area contributed by atoms with Gasteiger partial charge in [-0.25, -0.2) is 0 Å². The van der Waals surface area contributed by atoms with Gasteiger partial charge in [-0.15, -0.1) is 12.4 Å². The van der Waals surface area contributed by atoms with Crippen molar-refractivity contribution in [1.29, 1.82) is 0 Å². The van der Waals surface area contributed by atoms with Crippen molar-refractivity contribution < 1.29 is 0 Å². The summed E-state index contributed by atoms with van der Waals surface area (Å²) in [7, 11) is 0. The maximum absolute atomic E-state index is 5.89. The van der Waals surface area contributed by atoms with Crippen molar-refractivity contribution in [1.82, 2.24) is 0 Å². The fraction of sp³-hybridized carbons (Fsp3) is 0.538. The number of hydrogen-bond acceptors (Lipinski definition) is 1. The molecule has 2 N–H and O–H groups in total. The van der Waals surface area contributed by atoms with Crippen LogP contribution in [0.2, 0.25) is 0 Å². The van der Waals surface area contributed by atoms with Crippen LogP contribution >= 0.6 is 12.4 Å². The third-order valence-corrected chi connectivity index (χ3v) is 3.26. The van der Waals surface area contributed by atoms with E-state index in [-0.39, 0.29) is 12.4 Å². The van der Waals surface area contributed by atoms with Gasteiger partial charge < -0.3 is 5.73 Å². The predicted octanol–water partition coefficient (Wildman–Crippen LogP) is 3.17. The standard InChI is InChI=1S/C13H19N.ClH/c14-13-8-6-12(7-9-13)10-11-4-2-1-3-5-11;/h1-5,12-13H,6-10,14H2;1H. The lowest BCUT2D eigenvalue weighted by Crippen LogP contribution is -2.27. The van der Waals surface area contributed by atoms with Crippen molar-refractivity contribution in [2.24, 2.45) is 11.7 Å². The molecule has 0 amide bonds. The van der Waals surface area contributed by atoms with E-state index < -0.39 is 0 Å². The van der Waals surface area contributed by atoms with Gasteiger partial charge in [0, 0.05) is 6.04 Å². The molecule has 0 aromatic heterocycles. The maximum atomic E-state index is 5.89. The highest BCUT2D eigenvalue weighted by Gasteiger charge is 2.18. The molecule has 0 heterocycles. The van der Waals surface area contributed by atoms with E-state index in [4.69, 9.17) is 5.73 Å². The van der Waals surface area contributed by atoms with Crippen molar-refractivity contribution in [3.05, 3.63) is 35.9 Å². The minimum Gasteiger partial charge on any atom is -0.328 e. The molecule has 0 saturated heterocycles. The molecule has 0 unspecified atom stereocenters. The van der Waals surface area contributed by atoms with Crippen LogP contribution < -0.4 is 5.73 Å². The molecule has 2 rings (SSSR count). The molecule has 0 atom stereocenters. The largest absolute Gasteiger partial charge is 0.328 e. The van der Waals surface area contributed by atoms with Crippen LogP contribution in [-0.4, -0.2) is 6.04 Å². The Morgan fingerprint density at radius 2 is 1.60 bits per heavy atom. The molecule has 84 valence electrons. The van der Waals surface area contributed by atoms with E-state index in [2.05, 4.69) is 30.3 Å². The molecule has 1 aliphatic carbocycles. The van der Waals surface area contributed by atoms with Crippen LogP contribution in [-0.2, 0) is 6.42 Å². The second-order valence-electron chi connectivity index (χ2n) is 4.47. The summed E-state index contributed by atoms with van der Waals surface area (Å²) in [5.41, 5.74) is 7.37. The summed E-state index contributed by atoms with van der Waals surface area (Å²) in [6, 6.07) is 11.3. The highest BCUT2D eigenvalue weighted by atomic mass is 35.5. The van der Waals surface area contributed by atoms with Crippen LogP contribution in [0.1, 0.15) is 31.2 Å². The second-order valence-corrected chi connectivity index (χ2v) is 4.47. The van der Waals surface area contributed by atoms with E-state index in [1.807, 2.05) is 0 Å². The smallest absolute Gasteiger partial charge is 0.00390 e. The van der Waals surface area contributed by atoms with Gasteiger partial charge in [-0.05, 0) is 43.6 Å². The molecular formula is C13H20ClN. The van der Waals surface area contributed by atoms with Crippen molar-refractivity contribution in [2.75, 3.05) is 0 Å². The molecule has 0 spiro atoms. The number of rotatable bonds is 2. The fourth-order valence-corrected chi connectivity index (χ4v) is 2.34. The molecule has 1 saturated carbocycles. The van der Waals surface area contributed by atoms with E-state index in [0.717, 1.165) is 5.92 Å². The average molecular weight is 226 g/mol. The lowest BCUT2D eigenvalue weighted by atomic mass is 9.83. The molecular weight excluding hydrogens is 206 g/mol. The zero-order valence-corrected chi connectivity index (χ0v) is 9.88. The highest BCUT2D eigenvalue weighted by Crippen LogP contribution is 2.26. The molecule has 1 aromatic rings. The zero-order valence-electron chi connectivity index (χ0n) is 9.06. The SMILES string of the molecule is Cl.NC1CCC(Cc2ccccc2)CC1. The van der Waals surface area contributed by atoms with E-state index in [1.165, 1.54) is 37.7 Å². The van der Waals surface area contributed by atoms with Crippen LogP contribution in [0.15, 0.2) is 30.3 Å². The van der Waals surface area contributed by atoms with Crippen LogP contribution in [0.3, 0.4) is 0 Å². The van der Waals surface area contributed by atoms with Gasteiger partial charge in [0.15, 0.2) is 0 Å². The Kier molecular flexibility index (Phi) is 5.13. The quantitative estimate of drug-likeness (QED) is 0.822. The third-order valence-electron chi connectivity index (χ3n) is 3.26. The average Bonchev–Trinajstić information content (AvgIpc) is 2.23. The topological polar surface area (TPSA) is 26.0 Å². The Morgan fingerprint density at radius 3 is 2.20 bits per heavy atom. The Bertz CT molecular complexity index is 265. The molecule has 1 nitrogen and oxygen atoms in total. The summed E-state index contributed by atoms with van der Waals surface area (Å²) in [6.07, 6.45) is 6.31. The summed E-state index contributed by atoms with van der Waals surface area (Å²) in [4.78, 5) is 0. The maximum Gasteiger partial charge on any atom is 0.00390 e. The van der Waals surface area contributed by atoms with E-state index >= 15 is 0 Å². The van der Waals surface area contributed by atoms with E-state index in [9.17, 15) is 0 Å². The minimum atomic E-state index is 0. The van der Waals surface area contributed by atoms with Gasteiger partial charge in [0.25, 0.3) is 0 Å². The molecule has 0 radical (unpaired) electrons. The van der Waals surface area contributed by atoms with Crippen LogP contribution in [0.25, 0.3) is 0 Å². The number of benzene rings is 1.